The van der Waals surface area contributed by atoms with E-state index in [4.69, 9.17) is 5.73 Å². The average molecular weight is 287 g/mol. The summed E-state index contributed by atoms with van der Waals surface area (Å²) in [6.45, 7) is 0.0943. The van der Waals surface area contributed by atoms with Crippen LogP contribution in [-0.4, -0.2) is 17.4 Å². The summed E-state index contributed by atoms with van der Waals surface area (Å²) < 4.78 is 26.0. The molecule has 0 fully saturated rings. The lowest BCUT2D eigenvalue weighted by Crippen LogP contribution is -2.14. The molecule has 1 aromatic heterocycles. The molecule has 21 heavy (non-hydrogen) atoms. The van der Waals surface area contributed by atoms with Crippen LogP contribution in [0.4, 0.5) is 14.6 Å². The smallest absolute Gasteiger partial charge is 0.258 e. The summed E-state index contributed by atoms with van der Waals surface area (Å²) in [6, 6.07) is 6.11. The molecule has 6 heteroatoms. The second kappa shape index (κ2) is 6.59. The van der Waals surface area contributed by atoms with Crippen molar-refractivity contribution >= 4 is 11.7 Å². The number of nitrogens with two attached hydrogens (primary N) is 1. The number of nitrogens with one attached hydrogen (secondary N) is 1. The van der Waals surface area contributed by atoms with Crippen molar-refractivity contribution in [2.45, 2.75) is 0 Å². The molecule has 0 bridgehead atoms. The van der Waals surface area contributed by atoms with Gasteiger partial charge in [0.25, 0.3) is 5.91 Å². The molecule has 1 aromatic carbocycles. The zero-order valence-electron chi connectivity index (χ0n) is 10.9. The van der Waals surface area contributed by atoms with E-state index in [1.165, 1.54) is 18.2 Å². The van der Waals surface area contributed by atoms with Crippen LogP contribution in [0.5, 0.6) is 0 Å². The summed E-state index contributed by atoms with van der Waals surface area (Å²) in [5, 5.41) is 2.48. The van der Waals surface area contributed by atoms with Gasteiger partial charge in [0.1, 0.15) is 17.5 Å². The molecule has 0 saturated heterocycles. The molecule has 1 heterocycles. The van der Waals surface area contributed by atoms with Crippen molar-refractivity contribution in [3.05, 3.63) is 59.3 Å². The third-order valence-corrected chi connectivity index (χ3v) is 2.52. The topological polar surface area (TPSA) is 68.0 Å². The molecule has 0 aliphatic rings. The van der Waals surface area contributed by atoms with Gasteiger partial charge in [0.05, 0.1) is 18.3 Å². The van der Waals surface area contributed by atoms with Crippen LogP contribution < -0.4 is 11.1 Å². The largest absolute Gasteiger partial charge is 0.320 e. The van der Waals surface area contributed by atoms with E-state index in [0.29, 0.717) is 0 Å². The molecule has 0 spiro atoms. The lowest BCUT2D eigenvalue weighted by atomic mass is 10.1. The zero-order valence-corrected chi connectivity index (χ0v) is 10.9. The maximum absolute atomic E-state index is 13.2. The van der Waals surface area contributed by atoms with E-state index in [9.17, 15) is 13.6 Å². The van der Waals surface area contributed by atoms with Gasteiger partial charge in [-0.2, -0.15) is 0 Å². The first kappa shape index (κ1) is 14.6. The Balaban J connectivity index is 2.28. The van der Waals surface area contributed by atoms with Crippen molar-refractivity contribution in [1.29, 1.82) is 0 Å². The Bertz CT molecular complexity index is 718. The normalized spacial score (nSPS) is 9.67. The van der Waals surface area contributed by atoms with Gasteiger partial charge in [0, 0.05) is 5.56 Å². The fourth-order valence-electron chi connectivity index (χ4n) is 1.60. The third kappa shape index (κ3) is 3.84. The lowest BCUT2D eigenvalue weighted by Gasteiger charge is -2.06. The van der Waals surface area contributed by atoms with Crippen molar-refractivity contribution < 1.29 is 13.6 Å². The van der Waals surface area contributed by atoms with Gasteiger partial charge in [-0.05, 0) is 30.3 Å². The zero-order chi connectivity index (χ0) is 15.2. The number of carbonyl (C=O) groups is 1. The first-order chi connectivity index (χ1) is 10.1. The van der Waals surface area contributed by atoms with E-state index in [0.717, 1.165) is 18.3 Å². The van der Waals surface area contributed by atoms with Gasteiger partial charge in [-0.1, -0.05) is 11.8 Å². The Kier molecular flexibility index (Phi) is 4.59. The van der Waals surface area contributed by atoms with Crippen LogP contribution in [0.3, 0.4) is 0 Å². The number of aromatic nitrogens is 1. The van der Waals surface area contributed by atoms with E-state index in [2.05, 4.69) is 22.1 Å². The maximum Gasteiger partial charge on any atom is 0.258 e. The maximum atomic E-state index is 13.2. The molecule has 0 aliphatic heterocycles. The van der Waals surface area contributed by atoms with Crippen molar-refractivity contribution in [2.24, 2.45) is 5.73 Å². The van der Waals surface area contributed by atoms with E-state index < -0.39 is 17.5 Å². The number of hydrogen-bond acceptors (Lipinski definition) is 3. The molecule has 2 aromatic rings. The molecule has 0 aliphatic carbocycles. The number of carbonyl (C=O) groups excluding carboxylic acids is 1. The van der Waals surface area contributed by atoms with Gasteiger partial charge in [-0.3, -0.25) is 4.79 Å². The van der Waals surface area contributed by atoms with Crippen LogP contribution in [0.25, 0.3) is 0 Å². The summed E-state index contributed by atoms with van der Waals surface area (Å²) in [4.78, 5) is 15.8. The van der Waals surface area contributed by atoms with Crippen molar-refractivity contribution in [3.8, 4) is 11.8 Å². The molecule has 0 radical (unpaired) electrons. The Morgan fingerprint density at radius 2 is 2.00 bits per heavy atom. The van der Waals surface area contributed by atoms with Crippen molar-refractivity contribution in [1.82, 2.24) is 4.98 Å². The van der Waals surface area contributed by atoms with Gasteiger partial charge in [-0.15, -0.1) is 0 Å². The summed E-state index contributed by atoms with van der Waals surface area (Å²) in [7, 11) is 0. The highest BCUT2D eigenvalue weighted by Crippen LogP contribution is 2.13. The predicted molar refractivity (Wildman–Crippen MR) is 74.5 cm³/mol. The number of hydrogen-bond donors (Lipinski definition) is 2. The summed E-state index contributed by atoms with van der Waals surface area (Å²) in [5.41, 5.74) is 5.67. The SMILES string of the molecule is NCC#Cc1cc(F)ccc1C(=O)Nc1ccc(F)cn1. The first-order valence-corrected chi connectivity index (χ1v) is 6.01. The van der Waals surface area contributed by atoms with Gasteiger partial charge in [-0.25, -0.2) is 13.8 Å². The van der Waals surface area contributed by atoms with E-state index in [1.54, 1.807) is 0 Å². The number of amides is 1. The number of pyridine rings is 1. The predicted octanol–water partition coefficient (Wildman–Crippen LogP) is 1.92. The van der Waals surface area contributed by atoms with E-state index >= 15 is 0 Å². The number of rotatable bonds is 2. The molecular weight excluding hydrogens is 276 g/mol. The van der Waals surface area contributed by atoms with Crippen LogP contribution >= 0.6 is 0 Å². The number of nitrogens with zero attached hydrogens (tertiary/aromatic N) is 1. The van der Waals surface area contributed by atoms with Crippen LogP contribution in [-0.2, 0) is 0 Å². The molecule has 0 unspecified atom stereocenters. The minimum atomic E-state index is -0.518. The highest BCUT2D eigenvalue weighted by atomic mass is 19.1. The summed E-state index contributed by atoms with van der Waals surface area (Å²) in [6.07, 6.45) is 0.982. The Morgan fingerprint density at radius 3 is 2.67 bits per heavy atom. The van der Waals surface area contributed by atoms with Gasteiger partial charge < -0.3 is 11.1 Å². The van der Waals surface area contributed by atoms with E-state index in [-0.39, 0.29) is 23.5 Å². The van der Waals surface area contributed by atoms with Crippen LogP contribution in [0.1, 0.15) is 15.9 Å². The van der Waals surface area contributed by atoms with Crippen LogP contribution in [0.2, 0.25) is 0 Å². The average Bonchev–Trinajstić information content (AvgIpc) is 2.47. The monoisotopic (exact) mass is 287 g/mol. The van der Waals surface area contributed by atoms with Crippen LogP contribution in [0.15, 0.2) is 36.5 Å². The first-order valence-electron chi connectivity index (χ1n) is 6.01. The molecule has 2 rings (SSSR count). The third-order valence-electron chi connectivity index (χ3n) is 2.52. The number of anilines is 1. The van der Waals surface area contributed by atoms with Crippen molar-refractivity contribution in [3.63, 3.8) is 0 Å². The second-order valence-corrected chi connectivity index (χ2v) is 4.01. The highest BCUT2D eigenvalue weighted by Gasteiger charge is 2.12. The lowest BCUT2D eigenvalue weighted by molar-refractivity contribution is 0.102. The van der Waals surface area contributed by atoms with Gasteiger partial charge in [0.2, 0.25) is 0 Å². The quantitative estimate of drug-likeness (QED) is 0.829. The fourth-order valence-corrected chi connectivity index (χ4v) is 1.60. The Hall–Kier alpha value is -2.78. The highest BCUT2D eigenvalue weighted by molar-refractivity contribution is 6.05. The minimum absolute atomic E-state index is 0.0943. The van der Waals surface area contributed by atoms with Gasteiger partial charge >= 0.3 is 0 Å². The molecule has 3 N–H and O–H groups in total. The number of benzene rings is 1. The molecular formula is C15H11F2N3O. The van der Waals surface area contributed by atoms with Crippen molar-refractivity contribution in [2.75, 3.05) is 11.9 Å². The minimum Gasteiger partial charge on any atom is -0.320 e. The standard InChI is InChI=1S/C15H11F2N3O/c16-11-3-5-13(10(8-11)2-1-7-18)15(21)20-14-6-4-12(17)9-19-14/h3-6,8-9H,7,18H2,(H,19,20,21). The van der Waals surface area contributed by atoms with E-state index in [1.807, 2.05) is 0 Å². The number of halogens is 2. The molecule has 106 valence electrons. The second-order valence-electron chi connectivity index (χ2n) is 4.01. The van der Waals surface area contributed by atoms with Crippen LogP contribution in [0, 0.1) is 23.5 Å². The summed E-state index contributed by atoms with van der Waals surface area (Å²) in [5.74, 6) is 3.85. The molecule has 1 amide bonds. The fraction of sp³-hybridized carbons (Fsp3) is 0.0667. The van der Waals surface area contributed by atoms with Gasteiger partial charge in [0.15, 0.2) is 0 Å². The molecule has 0 atom stereocenters. The molecule has 0 saturated carbocycles. The molecule has 4 nitrogen and oxygen atoms in total. The Morgan fingerprint density at radius 1 is 1.24 bits per heavy atom. The summed E-state index contributed by atoms with van der Waals surface area (Å²) >= 11 is 0. The Labute approximate surface area is 120 Å².